The fraction of sp³-hybridized carbons (Fsp3) is 0.643. The van der Waals surface area contributed by atoms with Crippen LogP contribution in [0.2, 0.25) is 0 Å². The predicted octanol–water partition coefficient (Wildman–Crippen LogP) is 4.07. The molecule has 106 valence electrons. The molecular weight excluding hydrogens is 253 g/mol. The molecule has 1 saturated carbocycles. The molecule has 1 atom stereocenters. The largest absolute Gasteiger partial charge is 0.416 e. The van der Waals surface area contributed by atoms with Crippen molar-refractivity contribution in [3.63, 3.8) is 0 Å². The molecule has 1 aromatic rings. The van der Waals surface area contributed by atoms with Gasteiger partial charge in [0.05, 0.1) is 5.56 Å². The number of hydrogen-bond acceptors (Lipinski definition) is 2. The van der Waals surface area contributed by atoms with E-state index in [0.29, 0.717) is 12.3 Å². The Morgan fingerprint density at radius 3 is 2.58 bits per heavy atom. The maximum Gasteiger partial charge on any atom is 0.416 e. The van der Waals surface area contributed by atoms with E-state index in [1.807, 2.05) is 0 Å². The summed E-state index contributed by atoms with van der Waals surface area (Å²) >= 11 is 0. The highest BCUT2D eigenvalue weighted by Gasteiger charge is 2.35. The summed E-state index contributed by atoms with van der Waals surface area (Å²) in [4.78, 5) is 3.79. The van der Waals surface area contributed by atoms with Gasteiger partial charge in [-0.15, -0.1) is 0 Å². The normalized spacial score (nSPS) is 19.4. The Morgan fingerprint density at radius 2 is 1.95 bits per heavy atom. The number of nitrogens with zero attached hydrogens (tertiary/aromatic N) is 1. The number of aromatic nitrogens is 1. The minimum absolute atomic E-state index is 0.126. The van der Waals surface area contributed by atoms with Gasteiger partial charge in [-0.1, -0.05) is 32.1 Å². The van der Waals surface area contributed by atoms with E-state index < -0.39 is 17.8 Å². The van der Waals surface area contributed by atoms with Gasteiger partial charge in [0.25, 0.3) is 0 Å². The molecule has 1 fully saturated rings. The van der Waals surface area contributed by atoms with E-state index >= 15 is 0 Å². The third kappa shape index (κ3) is 3.69. The molecule has 1 unspecified atom stereocenters. The van der Waals surface area contributed by atoms with Crippen LogP contribution in [-0.4, -0.2) is 4.98 Å². The van der Waals surface area contributed by atoms with Crippen molar-refractivity contribution in [3.05, 3.63) is 29.6 Å². The summed E-state index contributed by atoms with van der Waals surface area (Å²) in [6.07, 6.45) is 4.40. The van der Waals surface area contributed by atoms with Crippen molar-refractivity contribution < 1.29 is 13.2 Å². The molecule has 19 heavy (non-hydrogen) atoms. The molecule has 0 spiro atoms. The molecule has 1 aromatic heterocycles. The first-order valence-electron chi connectivity index (χ1n) is 6.75. The average molecular weight is 272 g/mol. The van der Waals surface area contributed by atoms with Crippen molar-refractivity contribution in [2.75, 3.05) is 0 Å². The van der Waals surface area contributed by atoms with Gasteiger partial charge in [0, 0.05) is 18.4 Å². The summed E-state index contributed by atoms with van der Waals surface area (Å²) < 4.78 is 38.7. The lowest BCUT2D eigenvalue weighted by Crippen LogP contribution is -2.21. The predicted molar refractivity (Wildman–Crippen MR) is 67.4 cm³/mol. The monoisotopic (exact) mass is 272 g/mol. The summed E-state index contributed by atoms with van der Waals surface area (Å²) in [6.45, 7) is 0. The summed E-state index contributed by atoms with van der Waals surface area (Å²) in [6, 6.07) is 0.434. The average Bonchev–Trinajstić information content (AvgIpc) is 2.39. The standard InChI is InChI=1S/C14H19F3N2/c15-14(16,17)12-6-7-19-9-11(12)13(18)8-10-4-2-1-3-5-10/h6-7,9-10,13H,1-5,8,18H2. The van der Waals surface area contributed by atoms with Gasteiger partial charge in [0.1, 0.15) is 0 Å². The smallest absolute Gasteiger partial charge is 0.324 e. The molecule has 0 radical (unpaired) electrons. The number of halogens is 3. The van der Waals surface area contributed by atoms with Crippen LogP contribution in [0.15, 0.2) is 18.5 Å². The lowest BCUT2D eigenvalue weighted by Gasteiger charge is -2.25. The summed E-state index contributed by atoms with van der Waals surface area (Å²) in [5, 5.41) is 0. The van der Waals surface area contributed by atoms with Crippen LogP contribution in [0.5, 0.6) is 0 Å². The lowest BCUT2D eigenvalue weighted by atomic mass is 9.83. The molecule has 0 saturated heterocycles. The van der Waals surface area contributed by atoms with Crippen molar-refractivity contribution in [2.24, 2.45) is 11.7 Å². The fourth-order valence-electron chi connectivity index (χ4n) is 2.87. The Hall–Kier alpha value is -1.10. The van der Waals surface area contributed by atoms with Crippen LogP contribution < -0.4 is 5.73 Å². The lowest BCUT2D eigenvalue weighted by molar-refractivity contribution is -0.138. The maximum absolute atomic E-state index is 12.9. The number of alkyl halides is 3. The van der Waals surface area contributed by atoms with E-state index in [1.165, 1.54) is 18.8 Å². The Balaban J connectivity index is 2.12. The van der Waals surface area contributed by atoms with Crippen LogP contribution in [0.4, 0.5) is 13.2 Å². The van der Waals surface area contributed by atoms with Gasteiger partial charge >= 0.3 is 6.18 Å². The van der Waals surface area contributed by atoms with Gasteiger partial charge < -0.3 is 5.73 Å². The van der Waals surface area contributed by atoms with Gasteiger partial charge in [-0.3, -0.25) is 4.98 Å². The zero-order valence-corrected chi connectivity index (χ0v) is 10.8. The molecule has 2 rings (SSSR count). The first-order chi connectivity index (χ1) is 8.98. The highest BCUT2D eigenvalue weighted by molar-refractivity contribution is 5.29. The van der Waals surface area contributed by atoms with E-state index in [-0.39, 0.29) is 5.56 Å². The molecule has 2 nitrogen and oxygen atoms in total. The zero-order valence-electron chi connectivity index (χ0n) is 10.8. The quantitative estimate of drug-likeness (QED) is 0.900. The van der Waals surface area contributed by atoms with Crippen molar-refractivity contribution in [1.82, 2.24) is 4.98 Å². The maximum atomic E-state index is 12.9. The third-order valence-electron chi connectivity index (χ3n) is 3.87. The van der Waals surface area contributed by atoms with Crippen LogP contribution in [-0.2, 0) is 6.18 Å². The van der Waals surface area contributed by atoms with Gasteiger partial charge in [0.15, 0.2) is 0 Å². The summed E-state index contributed by atoms with van der Waals surface area (Å²) in [5.74, 6) is 0.449. The second kappa shape index (κ2) is 5.90. The first-order valence-corrected chi connectivity index (χ1v) is 6.75. The molecule has 0 amide bonds. The van der Waals surface area contributed by atoms with Crippen LogP contribution in [0.1, 0.15) is 55.7 Å². The second-order valence-corrected chi connectivity index (χ2v) is 5.31. The van der Waals surface area contributed by atoms with Gasteiger partial charge in [0.2, 0.25) is 0 Å². The molecule has 0 bridgehead atoms. The van der Waals surface area contributed by atoms with Crippen LogP contribution in [0, 0.1) is 5.92 Å². The molecule has 1 aliphatic rings. The summed E-state index contributed by atoms with van der Waals surface area (Å²) in [5.41, 5.74) is 5.46. The molecule has 2 N–H and O–H groups in total. The molecule has 0 aliphatic heterocycles. The Morgan fingerprint density at radius 1 is 1.26 bits per heavy atom. The van der Waals surface area contributed by atoms with E-state index in [0.717, 1.165) is 31.7 Å². The molecular formula is C14H19F3N2. The topological polar surface area (TPSA) is 38.9 Å². The van der Waals surface area contributed by atoms with Crippen LogP contribution in [0.25, 0.3) is 0 Å². The van der Waals surface area contributed by atoms with E-state index in [4.69, 9.17) is 5.73 Å². The van der Waals surface area contributed by atoms with E-state index in [9.17, 15) is 13.2 Å². The number of pyridine rings is 1. The SMILES string of the molecule is NC(CC1CCCCC1)c1cnccc1C(F)(F)F. The molecule has 1 heterocycles. The highest BCUT2D eigenvalue weighted by atomic mass is 19.4. The Bertz CT molecular complexity index is 411. The van der Waals surface area contributed by atoms with Crippen molar-refractivity contribution in [2.45, 2.75) is 50.7 Å². The zero-order chi connectivity index (χ0) is 13.9. The van der Waals surface area contributed by atoms with Crippen molar-refractivity contribution in [3.8, 4) is 0 Å². The molecule has 0 aromatic carbocycles. The van der Waals surface area contributed by atoms with Gasteiger partial charge in [-0.25, -0.2) is 0 Å². The number of nitrogens with two attached hydrogens (primary N) is 1. The van der Waals surface area contributed by atoms with E-state index in [2.05, 4.69) is 4.98 Å². The minimum Gasteiger partial charge on any atom is -0.324 e. The second-order valence-electron chi connectivity index (χ2n) is 5.31. The van der Waals surface area contributed by atoms with Crippen LogP contribution in [0.3, 0.4) is 0 Å². The van der Waals surface area contributed by atoms with Crippen LogP contribution >= 0.6 is 0 Å². The summed E-state index contributed by atoms with van der Waals surface area (Å²) in [7, 11) is 0. The van der Waals surface area contributed by atoms with Gasteiger partial charge in [-0.2, -0.15) is 13.2 Å². The number of rotatable bonds is 3. The minimum atomic E-state index is -4.36. The van der Waals surface area contributed by atoms with Crippen molar-refractivity contribution >= 4 is 0 Å². The molecule has 5 heteroatoms. The number of hydrogen-bond donors (Lipinski definition) is 1. The third-order valence-corrected chi connectivity index (χ3v) is 3.87. The van der Waals surface area contributed by atoms with E-state index in [1.54, 1.807) is 0 Å². The fourth-order valence-corrected chi connectivity index (χ4v) is 2.87. The Labute approximate surface area is 111 Å². The van der Waals surface area contributed by atoms with Gasteiger partial charge in [-0.05, 0) is 24.0 Å². The Kier molecular flexibility index (Phi) is 4.45. The first kappa shape index (κ1) is 14.3. The van der Waals surface area contributed by atoms with Crippen molar-refractivity contribution in [1.29, 1.82) is 0 Å². The highest BCUT2D eigenvalue weighted by Crippen LogP contribution is 2.37. The molecule has 1 aliphatic carbocycles.